The highest BCUT2D eigenvalue weighted by Gasteiger charge is 2.23. The number of primary amides is 1. The van der Waals surface area contributed by atoms with E-state index in [1.54, 1.807) is 11.8 Å². The number of carbonyl (C=O) groups excluding carboxylic acids is 2. The molecule has 0 saturated carbocycles. The van der Waals surface area contributed by atoms with Crippen LogP contribution < -0.4 is 11.1 Å². The highest BCUT2D eigenvalue weighted by Crippen LogP contribution is 2.18. The molecule has 1 aromatic rings. The Hall–Kier alpha value is -1.53. The molecule has 2 rings (SSSR count). The Balaban J connectivity index is 1.58. The van der Waals surface area contributed by atoms with E-state index in [0.29, 0.717) is 13.1 Å². The Kier molecular flexibility index (Phi) is 6.92. The van der Waals surface area contributed by atoms with E-state index in [-0.39, 0.29) is 17.7 Å². The molecule has 1 fully saturated rings. The molecule has 0 radical (unpaired) electrons. The van der Waals surface area contributed by atoms with Crippen molar-refractivity contribution in [3.63, 3.8) is 0 Å². The number of aryl methyl sites for hydroxylation is 1. The van der Waals surface area contributed by atoms with Gasteiger partial charge in [0.25, 0.3) is 0 Å². The summed E-state index contributed by atoms with van der Waals surface area (Å²) in [5, 5.41) is 2.95. The van der Waals surface area contributed by atoms with Gasteiger partial charge in [-0.25, -0.2) is 0 Å². The molecule has 1 aromatic carbocycles. The van der Waals surface area contributed by atoms with Gasteiger partial charge in [0.05, 0.1) is 6.54 Å². The Morgan fingerprint density at radius 3 is 2.52 bits per heavy atom. The first kappa shape index (κ1) is 17.8. The van der Waals surface area contributed by atoms with Gasteiger partial charge in [-0.15, -0.1) is 11.8 Å². The molecule has 6 heteroatoms. The van der Waals surface area contributed by atoms with Gasteiger partial charge in [-0.1, -0.05) is 17.7 Å². The van der Waals surface area contributed by atoms with Crippen LogP contribution in [0.25, 0.3) is 0 Å². The molecular formula is C17H25N3O2S. The summed E-state index contributed by atoms with van der Waals surface area (Å²) >= 11 is 1.74. The molecule has 0 unspecified atom stereocenters. The monoisotopic (exact) mass is 335 g/mol. The summed E-state index contributed by atoms with van der Waals surface area (Å²) in [7, 11) is 0. The van der Waals surface area contributed by atoms with Crippen LogP contribution in [-0.2, 0) is 9.59 Å². The number of likely N-dealkylation sites (tertiary alicyclic amines) is 1. The second-order valence-electron chi connectivity index (χ2n) is 5.96. The Labute approximate surface area is 142 Å². The van der Waals surface area contributed by atoms with Gasteiger partial charge >= 0.3 is 0 Å². The van der Waals surface area contributed by atoms with Crippen molar-refractivity contribution in [1.82, 2.24) is 10.2 Å². The molecule has 1 saturated heterocycles. The van der Waals surface area contributed by atoms with Crippen molar-refractivity contribution >= 4 is 23.6 Å². The van der Waals surface area contributed by atoms with Crippen LogP contribution in [0.5, 0.6) is 0 Å². The molecule has 0 aliphatic carbocycles. The largest absolute Gasteiger partial charge is 0.369 e. The third kappa shape index (κ3) is 6.23. The highest BCUT2D eigenvalue weighted by molar-refractivity contribution is 7.99. The molecule has 1 heterocycles. The van der Waals surface area contributed by atoms with E-state index in [4.69, 9.17) is 5.73 Å². The van der Waals surface area contributed by atoms with E-state index in [0.717, 1.165) is 31.7 Å². The number of rotatable bonds is 7. The molecule has 1 aliphatic heterocycles. The number of benzene rings is 1. The summed E-state index contributed by atoms with van der Waals surface area (Å²) in [5.41, 5.74) is 6.56. The van der Waals surface area contributed by atoms with Crippen molar-refractivity contribution in [3.05, 3.63) is 29.8 Å². The van der Waals surface area contributed by atoms with Crippen molar-refractivity contribution in [1.29, 1.82) is 0 Å². The maximum atomic E-state index is 11.9. The third-order valence-corrected chi connectivity index (χ3v) is 5.08. The zero-order valence-electron chi connectivity index (χ0n) is 13.6. The van der Waals surface area contributed by atoms with Crippen molar-refractivity contribution in [2.24, 2.45) is 11.7 Å². The Bertz CT molecular complexity index is 525. The Morgan fingerprint density at radius 2 is 1.91 bits per heavy atom. The van der Waals surface area contributed by atoms with Crippen molar-refractivity contribution in [2.75, 3.05) is 31.9 Å². The van der Waals surface area contributed by atoms with Crippen LogP contribution in [0.2, 0.25) is 0 Å². The quantitative estimate of drug-likeness (QED) is 0.583. The minimum Gasteiger partial charge on any atom is -0.369 e. The van der Waals surface area contributed by atoms with Crippen molar-refractivity contribution in [2.45, 2.75) is 24.7 Å². The Morgan fingerprint density at radius 1 is 1.26 bits per heavy atom. The van der Waals surface area contributed by atoms with Gasteiger partial charge < -0.3 is 11.1 Å². The number of hydrogen-bond donors (Lipinski definition) is 2. The van der Waals surface area contributed by atoms with E-state index in [2.05, 4.69) is 41.4 Å². The predicted octanol–water partition coefficient (Wildman–Crippen LogP) is 1.40. The fraction of sp³-hybridized carbons (Fsp3) is 0.529. The molecule has 0 bridgehead atoms. The molecule has 3 N–H and O–H groups in total. The molecule has 0 atom stereocenters. The van der Waals surface area contributed by atoms with Gasteiger partial charge in [-0.2, -0.15) is 0 Å². The number of nitrogens with zero attached hydrogens (tertiary/aromatic N) is 1. The molecule has 1 aliphatic rings. The number of carbonyl (C=O) groups is 2. The van der Waals surface area contributed by atoms with Crippen LogP contribution in [0.4, 0.5) is 0 Å². The number of thioether (sulfide) groups is 1. The fourth-order valence-corrected chi connectivity index (χ4v) is 3.40. The summed E-state index contributed by atoms with van der Waals surface area (Å²) in [6.45, 7) is 4.66. The van der Waals surface area contributed by atoms with Gasteiger partial charge in [-0.05, 0) is 45.0 Å². The zero-order valence-corrected chi connectivity index (χ0v) is 14.4. The molecule has 0 aromatic heterocycles. The van der Waals surface area contributed by atoms with Crippen LogP contribution in [0.3, 0.4) is 0 Å². The summed E-state index contributed by atoms with van der Waals surface area (Å²) in [6, 6.07) is 8.39. The molecule has 2 amide bonds. The smallest absolute Gasteiger partial charge is 0.234 e. The average Bonchev–Trinajstić information content (AvgIpc) is 2.54. The first-order valence-corrected chi connectivity index (χ1v) is 9.01. The lowest BCUT2D eigenvalue weighted by Gasteiger charge is -2.29. The molecule has 126 valence electrons. The summed E-state index contributed by atoms with van der Waals surface area (Å²) in [6.07, 6.45) is 1.51. The minimum atomic E-state index is -0.220. The fourth-order valence-electron chi connectivity index (χ4n) is 2.63. The van der Waals surface area contributed by atoms with E-state index in [1.807, 2.05) is 0 Å². The lowest BCUT2D eigenvalue weighted by molar-refractivity contribution is -0.124. The van der Waals surface area contributed by atoms with E-state index in [9.17, 15) is 9.59 Å². The minimum absolute atomic E-state index is 0.0276. The lowest BCUT2D eigenvalue weighted by Crippen LogP contribution is -2.43. The van der Waals surface area contributed by atoms with Crippen LogP contribution in [0, 0.1) is 12.8 Å². The topological polar surface area (TPSA) is 75.4 Å². The maximum absolute atomic E-state index is 11.9. The van der Waals surface area contributed by atoms with Gasteiger partial charge in [0, 0.05) is 23.1 Å². The van der Waals surface area contributed by atoms with E-state index >= 15 is 0 Å². The average molecular weight is 335 g/mol. The van der Waals surface area contributed by atoms with Gasteiger partial charge in [0.1, 0.15) is 0 Å². The van der Waals surface area contributed by atoms with Gasteiger partial charge in [0.2, 0.25) is 11.8 Å². The first-order valence-electron chi connectivity index (χ1n) is 8.02. The number of hydrogen-bond acceptors (Lipinski definition) is 4. The molecule has 5 nitrogen and oxygen atoms in total. The number of nitrogens with two attached hydrogens (primary N) is 1. The van der Waals surface area contributed by atoms with Crippen LogP contribution in [0.15, 0.2) is 29.2 Å². The summed E-state index contributed by atoms with van der Waals surface area (Å²) in [4.78, 5) is 26.4. The third-order valence-electron chi connectivity index (χ3n) is 4.07. The van der Waals surface area contributed by atoms with Crippen LogP contribution in [-0.4, -0.2) is 48.6 Å². The molecule has 0 spiro atoms. The predicted molar refractivity (Wildman–Crippen MR) is 93.3 cm³/mol. The standard InChI is InChI=1S/C17H25N3O2S/c1-13-2-4-15(5-3-13)23-11-8-19-16(21)12-20-9-6-14(7-10-20)17(18)22/h2-5,14H,6-12H2,1H3,(H2,18,22)(H,19,21). The van der Waals surface area contributed by atoms with Crippen LogP contribution in [0.1, 0.15) is 18.4 Å². The van der Waals surface area contributed by atoms with E-state index in [1.165, 1.54) is 10.5 Å². The van der Waals surface area contributed by atoms with Gasteiger partial charge in [-0.3, -0.25) is 14.5 Å². The SMILES string of the molecule is Cc1ccc(SCCNC(=O)CN2CCC(C(N)=O)CC2)cc1. The highest BCUT2D eigenvalue weighted by atomic mass is 32.2. The first-order chi connectivity index (χ1) is 11.0. The van der Waals surface area contributed by atoms with Crippen molar-refractivity contribution in [3.8, 4) is 0 Å². The number of piperidine rings is 1. The summed E-state index contributed by atoms with van der Waals surface area (Å²) < 4.78 is 0. The van der Waals surface area contributed by atoms with E-state index < -0.39 is 0 Å². The zero-order chi connectivity index (χ0) is 16.7. The second kappa shape index (κ2) is 8.93. The molecule has 23 heavy (non-hydrogen) atoms. The van der Waals surface area contributed by atoms with Crippen LogP contribution >= 0.6 is 11.8 Å². The second-order valence-corrected chi connectivity index (χ2v) is 7.13. The van der Waals surface area contributed by atoms with Crippen molar-refractivity contribution < 1.29 is 9.59 Å². The lowest BCUT2D eigenvalue weighted by atomic mass is 9.96. The number of amides is 2. The number of nitrogens with one attached hydrogen (secondary N) is 1. The maximum Gasteiger partial charge on any atom is 0.234 e. The summed E-state index contributed by atoms with van der Waals surface area (Å²) in [5.74, 6) is 0.660. The normalized spacial score (nSPS) is 16.2. The molecular weight excluding hydrogens is 310 g/mol. The van der Waals surface area contributed by atoms with Gasteiger partial charge in [0.15, 0.2) is 0 Å².